The first-order valence-electron chi connectivity index (χ1n) is 7.62. The van der Waals surface area contributed by atoms with Crippen molar-refractivity contribution >= 4 is 16.9 Å². The van der Waals surface area contributed by atoms with Crippen LogP contribution >= 0.6 is 0 Å². The van der Waals surface area contributed by atoms with Gasteiger partial charge in [0.05, 0.1) is 16.6 Å². The Labute approximate surface area is 125 Å². The monoisotopic (exact) mass is 286 g/mol. The molecule has 3 heterocycles. The summed E-state index contributed by atoms with van der Waals surface area (Å²) in [7, 11) is 1.89. The van der Waals surface area contributed by atoms with Gasteiger partial charge in [-0.05, 0) is 31.7 Å². The fraction of sp³-hybridized carbons (Fsp3) is 0.562. The maximum atomic E-state index is 12.9. The highest BCUT2D eigenvalue weighted by molar-refractivity contribution is 6.06. The molecule has 0 aliphatic carbocycles. The molecular formula is C16H22N4O. The Hall–Kier alpha value is -1.91. The number of pyridine rings is 1. The van der Waals surface area contributed by atoms with E-state index in [-0.39, 0.29) is 11.8 Å². The number of likely N-dealkylation sites (tertiary alicyclic amines) is 1. The Morgan fingerprint density at radius 2 is 1.95 bits per heavy atom. The normalized spacial score (nSPS) is 15.4. The summed E-state index contributed by atoms with van der Waals surface area (Å²) in [6.07, 6.45) is 2.20. The third-order valence-electron chi connectivity index (χ3n) is 4.20. The third kappa shape index (κ3) is 2.30. The van der Waals surface area contributed by atoms with E-state index < -0.39 is 0 Å². The molecule has 0 radical (unpaired) electrons. The van der Waals surface area contributed by atoms with Gasteiger partial charge in [0, 0.05) is 25.8 Å². The highest BCUT2D eigenvalue weighted by Gasteiger charge is 2.25. The van der Waals surface area contributed by atoms with E-state index in [1.807, 2.05) is 24.9 Å². The lowest BCUT2D eigenvalue weighted by Gasteiger charge is -2.17. The number of nitrogens with zero attached hydrogens (tertiary/aromatic N) is 4. The minimum atomic E-state index is 0.123. The highest BCUT2D eigenvalue weighted by Crippen LogP contribution is 2.26. The maximum absolute atomic E-state index is 12.9. The molecule has 0 saturated carbocycles. The molecule has 0 atom stereocenters. The summed E-state index contributed by atoms with van der Waals surface area (Å²) in [4.78, 5) is 19.5. The van der Waals surface area contributed by atoms with E-state index in [9.17, 15) is 4.79 Å². The molecule has 0 unspecified atom stereocenters. The smallest absolute Gasteiger partial charge is 0.254 e. The van der Waals surface area contributed by atoms with Gasteiger partial charge in [0.15, 0.2) is 5.65 Å². The molecule has 2 aromatic heterocycles. The van der Waals surface area contributed by atoms with Gasteiger partial charge < -0.3 is 4.90 Å². The van der Waals surface area contributed by atoms with Crippen molar-refractivity contribution in [2.75, 3.05) is 13.1 Å². The van der Waals surface area contributed by atoms with Crippen LogP contribution in [-0.2, 0) is 7.05 Å². The van der Waals surface area contributed by atoms with E-state index >= 15 is 0 Å². The summed E-state index contributed by atoms with van der Waals surface area (Å²) in [5, 5.41) is 5.35. The summed E-state index contributed by atoms with van der Waals surface area (Å²) in [5.41, 5.74) is 3.39. The van der Waals surface area contributed by atoms with Crippen molar-refractivity contribution in [2.45, 2.75) is 39.5 Å². The van der Waals surface area contributed by atoms with Gasteiger partial charge in [-0.1, -0.05) is 13.8 Å². The number of carbonyl (C=O) groups is 1. The molecule has 21 heavy (non-hydrogen) atoms. The van der Waals surface area contributed by atoms with Gasteiger partial charge in [-0.15, -0.1) is 0 Å². The molecule has 5 heteroatoms. The predicted octanol–water partition coefficient (Wildman–Crippen LogP) is 2.64. The average molecular weight is 286 g/mol. The molecule has 0 bridgehead atoms. The van der Waals surface area contributed by atoms with E-state index in [0.29, 0.717) is 0 Å². The van der Waals surface area contributed by atoms with Crippen molar-refractivity contribution in [1.29, 1.82) is 0 Å². The minimum absolute atomic E-state index is 0.123. The van der Waals surface area contributed by atoms with E-state index in [0.717, 1.165) is 53.9 Å². The van der Waals surface area contributed by atoms with Crippen LogP contribution in [0.25, 0.3) is 11.0 Å². The number of aryl methyl sites for hydroxylation is 2. The van der Waals surface area contributed by atoms with Crippen LogP contribution in [0.3, 0.4) is 0 Å². The van der Waals surface area contributed by atoms with Crippen molar-refractivity contribution in [3.63, 3.8) is 0 Å². The van der Waals surface area contributed by atoms with Crippen molar-refractivity contribution in [3.05, 3.63) is 23.0 Å². The predicted molar refractivity (Wildman–Crippen MR) is 82.5 cm³/mol. The quantitative estimate of drug-likeness (QED) is 0.852. The molecule has 0 aromatic carbocycles. The Bertz CT molecular complexity index is 696. The SMILES string of the molecule is Cc1nn(C)c2nc(C(C)C)cc(C(=O)N3CCCC3)c12. The van der Waals surface area contributed by atoms with Crippen LogP contribution in [0.5, 0.6) is 0 Å². The van der Waals surface area contributed by atoms with Crippen LogP contribution in [-0.4, -0.2) is 38.7 Å². The largest absolute Gasteiger partial charge is 0.339 e. The number of hydrogen-bond donors (Lipinski definition) is 0. The number of amides is 1. The number of carbonyl (C=O) groups excluding carboxylic acids is 1. The number of rotatable bonds is 2. The highest BCUT2D eigenvalue weighted by atomic mass is 16.2. The molecular weight excluding hydrogens is 264 g/mol. The first-order valence-corrected chi connectivity index (χ1v) is 7.62. The second kappa shape index (κ2) is 5.13. The van der Waals surface area contributed by atoms with E-state index in [4.69, 9.17) is 4.98 Å². The summed E-state index contributed by atoms with van der Waals surface area (Å²) in [6, 6.07) is 1.96. The Morgan fingerprint density at radius 3 is 2.57 bits per heavy atom. The molecule has 0 spiro atoms. The van der Waals surface area contributed by atoms with Crippen LogP contribution in [0.4, 0.5) is 0 Å². The molecule has 1 fully saturated rings. The lowest BCUT2D eigenvalue weighted by Crippen LogP contribution is -2.28. The fourth-order valence-electron chi connectivity index (χ4n) is 3.02. The lowest BCUT2D eigenvalue weighted by molar-refractivity contribution is 0.0794. The zero-order valence-electron chi connectivity index (χ0n) is 13.2. The molecule has 1 amide bonds. The van der Waals surface area contributed by atoms with Gasteiger partial charge >= 0.3 is 0 Å². The molecule has 2 aromatic rings. The van der Waals surface area contributed by atoms with E-state index in [1.165, 1.54) is 0 Å². The van der Waals surface area contributed by atoms with Gasteiger partial charge in [0.2, 0.25) is 0 Å². The van der Waals surface area contributed by atoms with Crippen molar-refractivity contribution in [1.82, 2.24) is 19.7 Å². The Morgan fingerprint density at radius 1 is 1.29 bits per heavy atom. The van der Waals surface area contributed by atoms with E-state index in [1.54, 1.807) is 4.68 Å². The van der Waals surface area contributed by atoms with Gasteiger partial charge in [-0.3, -0.25) is 9.48 Å². The van der Waals surface area contributed by atoms with Crippen molar-refractivity contribution in [3.8, 4) is 0 Å². The third-order valence-corrected chi connectivity index (χ3v) is 4.20. The average Bonchev–Trinajstić information content (AvgIpc) is 3.06. The molecule has 112 valence electrons. The van der Waals surface area contributed by atoms with Crippen LogP contribution in [0.2, 0.25) is 0 Å². The number of aromatic nitrogens is 3. The Balaban J connectivity index is 2.21. The zero-order valence-corrected chi connectivity index (χ0v) is 13.2. The fourth-order valence-corrected chi connectivity index (χ4v) is 3.02. The van der Waals surface area contributed by atoms with Crippen LogP contribution in [0.1, 0.15) is 54.4 Å². The second-order valence-corrected chi connectivity index (χ2v) is 6.16. The topological polar surface area (TPSA) is 51.0 Å². The zero-order chi connectivity index (χ0) is 15.1. The summed E-state index contributed by atoms with van der Waals surface area (Å²) in [5.74, 6) is 0.410. The standard InChI is InChI=1S/C16H22N4O/c1-10(2)13-9-12(16(21)20-7-5-6-8-20)14-11(3)18-19(4)15(14)17-13/h9-10H,5-8H2,1-4H3. The molecule has 3 rings (SSSR count). The molecule has 0 N–H and O–H groups in total. The van der Waals surface area contributed by atoms with Gasteiger partial charge in [-0.25, -0.2) is 4.98 Å². The number of hydrogen-bond acceptors (Lipinski definition) is 3. The first-order chi connectivity index (χ1) is 9.99. The van der Waals surface area contributed by atoms with Crippen LogP contribution < -0.4 is 0 Å². The van der Waals surface area contributed by atoms with Gasteiger partial charge in [-0.2, -0.15) is 5.10 Å². The van der Waals surface area contributed by atoms with Gasteiger partial charge in [0.1, 0.15) is 0 Å². The van der Waals surface area contributed by atoms with Crippen molar-refractivity contribution < 1.29 is 4.79 Å². The van der Waals surface area contributed by atoms with Crippen molar-refractivity contribution in [2.24, 2.45) is 7.05 Å². The van der Waals surface area contributed by atoms with Crippen LogP contribution in [0.15, 0.2) is 6.07 Å². The first kappa shape index (κ1) is 14.0. The molecule has 1 saturated heterocycles. The maximum Gasteiger partial charge on any atom is 0.254 e. The summed E-state index contributed by atoms with van der Waals surface area (Å²) in [6.45, 7) is 7.86. The molecule has 5 nitrogen and oxygen atoms in total. The molecule has 1 aliphatic rings. The van der Waals surface area contributed by atoms with Gasteiger partial charge in [0.25, 0.3) is 5.91 Å². The second-order valence-electron chi connectivity index (χ2n) is 6.16. The minimum Gasteiger partial charge on any atom is -0.339 e. The molecule has 1 aliphatic heterocycles. The summed E-state index contributed by atoms with van der Waals surface area (Å²) >= 11 is 0. The lowest BCUT2D eigenvalue weighted by atomic mass is 10.0. The van der Waals surface area contributed by atoms with E-state index in [2.05, 4.69) is 18.9 Å². The summed E-state index contributed by atoms with van der Waals surface area (Å²) < 4.78 is 1.78. The Kier molecular flexibility index (Phi) is 3.43. The van der Waals surface area contributed by atoms with Crippen LogP contribution in [0, 0.1) is 6.92 Å². The number of fused-ring (bicyclic) bond motifs is 1.